The van der Waals surface area contributed by atoms with Crippen molar-refractivity contribution >= 4 is 27.5 Å². The normalized spacial score (nSPS) is 20.1. The average molecular weight is 447 g/mol. The highest BCUT2D eigenvalue weighted by Crippen LogP contribution is 2.32. The fraction of sp³-hybridized carbons (Fsp3) is 0.636. The van der Waals surface area contributed by atoms with Crippen molar-refractivity contribution in [3.05, 3.63) is 12.3 Å². The summed E-state index contributed by atoms with van der Waals surface area (Å²) in [6.45, 7) is 7.93. The van der Waals surface area contributed by atoms with Crippen LogP contribution in [0.1, 0.15) is 53.4 Å². The lowest BCUT2D eigenvalue weighted by atomic mass is 9.95. The van der Waals surface area contributed by atoms with Crippen LogP contribution in [0.4, 0.5) is 0 Å². The Labute approximate surface area is 186 Å². The Morgan fingerprint density at radius 3 is 2.74 bits per heavy atom. The van der Waals surface area contributed by atoms with Crippen molar-refractivity contribution in [3.8, 4) is 17.1 Å². The molecule has 9 heteroatoms. The van der Waals surface area contributed by atoms with Crippen LogP contribution in [0.2, 0.25) is 0 Å². The molecular weight excluding hydrogens is 416 g/mol. The van der Waals surface area contributed by atoms with E-state index in [0.29, 0.717) is 17.7 Å². The van der Waals surface area contributed by atoms with Crippen LogP contribution in [-0.4, -0.2) is 47.3 Å². The molecule has 1 aliphatic rings. The minimum absolute atomic E-state index is 0.0154. The van der Waals surface area contributed by atoms with E-state index in [9.17, 15) is 4.79 Å². The van der Waals surface area contributed by atoms with Gasteiger partial charge in [-0.1, -0.05) is 11.3 Å². The Balaban J connectivity index is 1.48. The fourth-order valence-electron chi connectivity index (χ4n) is 3.35. The number of fused-ring (bicyclic) bond motifs is 1. The Bertz CT molecular complexity index is 931. The van der Waals surface area contributed by atoms with Gasteiger partial charge in [0.05, 0.1) is 35.1 Å². The number of ether oxygens (including phenoxy) is 3. The molecule has 0 spiro atoms. The zero-order valence-electron chi connectivity index (χ0n) is 18.5. The monoisotopic (exact) mass is 446 g/mol. The Kier molecular flexibility index (Phi) is 7.68. The molecule has 1 amide bonds. The first-order chi connectivity index (χ1) is 14.7. The number of hydrogen-bond acceptors (Lipinski definition) is 8. The van der Waals surface area contributed by atoms with Crippen LogP contribution >= 0.6 is 11.3 Å². The molecule has 0 unspecified atom stereocenters. The Morgan fingerprint density at radius 2 is 2.06 bits per heavy atom. The lowest BCUT2D eigenvalue weighted by molar-refractivity contribution is -0.120. The summed E-state index contributed by atoms with van der Waals surface area (Å²) < 4.78 is 18.7. The standard InChI is InChI=1S/C22H30N4O4S/c1-14(25-15(2)27)11-28-16-5-7-17(8-6-16)30-20-9-19-18(10-24-20)26-21(31-19)29-13-22(3,4)12-23/h9-10,14,16-17H,5-8,11,13H2,1-4H3,(H,25,27)/t14-,16?,17?/m0/s1. The number of pyridine rings is 1. The second-order valence-electron chi connectivity index (χ2n) is 8.71. The van der Waals surface area contributed by atoms with E-state index in [-0.39, 0.29) is 30.8 Å². The highest BCUT2D eigenvalue weighted by molar-refractivity contribution is 7.20. The Morgan fingerprint density at radius 1 is 1.35 bits per heavy atom. The van der Waals surface area contributed by atoms with Gasteiger partial charge >= 0.3 is 0 Å². The molecule has 168 valence electrons. The van der Waals surface area contributed by atoms with Gasteiger partial charge in [-0.15, -0.1) is 0 Å². The van der Waals surface area contributed by atoms with Gasteiger partial charge < -0.3 is 19.5 Å². The Hall–Kier alpha value is -2.44. The third kappa shape index (κ3) is 7.04. The molecule has 0 aromatic carbocycles. The molecule has 0 radical (unpaired) electrons. The topological polar surface area (TPSA) is 106 Å². The average Bonchev–Trinajstić information content (AvgIpc) is 3.14. The van der Waals surface area contributed by atoms with Crippen LogP contribution in [0, 0.1) is 16.7 Å². The summed E-state index contributed by atoms with van der Waals surface area (Å²) >= 11 is 1.43. The molecule has 2 aromatic heterocycles. The fourth-order valence-corrected chi connectivity index (χ4v) is 4.16. The summed E-state index contributed by atoms with van der Waals surface area (Å²) in [5.41, 5.74) is 0.196. The van der Waals surface area contributed by atoms with Gasteiger partial charge in [0.25, 0.3) is 5.19 Å². The molecule has 1 saturated carbocycles. The van der Waals surface area contributed by atoms with Crippen LogP contribution in [0.25, 0.3) is 10.2 Å². The largest absolute Gasteiger partial charge is 0.474 e. The first-order valence-corrected chi connectivity index (χ1v) is 11.4. The molecular formula is C22H30N4O4S. The molecule has 1 atom stereocenters. The van der Waals surface area contributed by atoms with E-state index in [1.165, 1.54) is 18.3 Å². The second-order valence-corrected chi connectivity index (χ2v) is 9.70. The predicted molar refractivity (Wildman–Crippen MR) is 118 cm³/mol. The van der Waals surface area contributed by atoms with Crippen LogP contribution < -0.4 is 14.8 Å². The molecule has 1 fully saturated rings. The van der Waals surface area contributed by atoms with Crippen molar-refractivity contribution in [1.82, 2.24) is 15.3 Å². The number of carbonyl (C=O) groups excluding carboxylic acids is 1. The van der Waals surface area contributed by atoms with Crippen LogP contribution in [0.15, 0.2) is 12.3 Å². The van der Waals surface area contributed by atoms with Crippen molar-refractivity contribution in [2.24, 2.45) is 5.41 Å². The van der Waals surface area contributed by atoms with Gasteiger partial charge in [-0.2, -0.15) is 5.26 Å². The lowest BCUT2D eigenvalue weighted by Crippen LogP contribution is -2.36. The van der Waals surface area contributed by atoms with Crippen molar-refractivity contribution < 1.29 is 19.0 Å². The highest BCUT2D eigenvalue weighted by atomic mass is 32.1. The molecule has 2 aromatic rings. The van der Waals surface area contributed by atoms with Crippen LogP contribution in [-0.2, 0) is 9.53 Å². The molecule has 31 heavy (non-hydrogen) atoms. The summed E-state index contributed by atoms with van der Waals surface area (Å²) in [5, 5.41) is 12.5. The van der Waals surface area contributed by atoms with Gasteiger partial charge in [0.15, 0.2) is 0 Å². The number of carbonyl (C=O) groups is 1. The predicted octanol–water partition coefficient (Wildman–Crippen LogP) is 3.85. The zero-order chi connectivity index (χ0) is 22.4. The van der Waals surface area contributed by atoms with Gasteiger partial charge in [-0.25, -0.2) is 9.97 Å². The number of rotatable bonds is 9. The number of nitrogens with one attached hydrogen (secondary N) is 1. The number of nitriles is 1. The highest BCUT2D eigenvalue weighted by Gasteiger charge is 2.24. The van der Waals surface area contributed by atoms with E-state index >= 15 is 0 Å². The van der Waals surface area contributed by atoms with Gasteiger partial charge in [0.2, 0.25) is 11.8 Å². The van der Waals surface area contributed by atoms with E-state index in [2.05, 4.69) is 21.4 Å². The van der Waals surface area contributed by atoms with Crippen molar-refractivity contribution in [2.75, 3.05) is 13.2 Å². The number of thiazole rings is 1. The van der Waals surface area contributed by atoms with Crippen LogP contribution in [0.3, 0.4) is 0 Å². The first kappa shape index (κ1) is 23.2. The van der Waals surface area contributed by atoms with E-state index < -0.39 is 5.41 Å². The number of aromatic nitrogens is 2. The van der Waals surface area contributed by atoms with Crippen molar-refractivity contribution in [1.29, 1.82) is 5.26 Å². The minimum Gasteiger partial charge on any atom is -0.474 e. The van der Waals surface area contributed by atoms with E-state index in [4.69, 9.17) is 19.5 Å². The van der Waals surface area contributed by atoms with Crippen molar-refractivity contribution in [2.45, 2.75) is 71.6 Å². The van der Waals surface area contributed by atoms with Gasteiger partial charge in [0, 0.05) is 19.0 Å². The van der Waals surface area contributed by atoms with Gasteiger partial charge in [-0.05, 0) is 46.5 Å². The maximum atomic E-state index is 11.1. The van der Waals surface area contributed by atoms with Crippen LogP contribution in [0.5, 0.6) is 11.1 Å². The summed E-state index contributed by atoms with van der Waals surface area (Å²) in [5.74, 6) is 0.548. The third-order valence-corrected chi connectivity index (χ3v) is 5.96. The SMILES string of the molecule is CC(=O)N[C@@H](C)COC1CCC(Oc2cc3sc(OCC(C)(C)C#N)nc3cn2)CC1. The maximum Gasteiger partial charge on any atom is 0.274 e. The molecule has 1 aliphatic carbocycles. The summed E-state index contributed by atoms with van der Waals surface area (Å²) in [4.78, 5) is 19.9. The van der Waals surface area contributed by atoms with Crippen molar-refractivity contribution in [3.63, 3.8) is 0 Å². The quantitative estimate of drug-likeness (QED) is 0.623. The summed E-state index contributed by atoms with van der Waals surface area (Å²) in [6.07, 6.45) is 5.66. The molecule has 0 aliphatic heterocycles. The number of hydrogen-bond donors (Lipinski definition) is 1. The number of nitrogens with zero attached hydrogens (tertiary/aromatic N) is 3. The van der Waals surface area contributed by atoms with E-state index in [0.717, 1.165) is 35.9 Å². The number of amides is 1. The summed E-state index contributed by atoms with van der Waals surface area (Å²) in [6, 6.07) is 4.13. The summed E-state index contributed by atoms with van der Waals surface area (Å²) in [7, 11) is 0. The third-order valence-electron chi connectivity index (χ3n) is 5.03. The first-order valence-electron chi connectivity index (χ1n) is 10.6. The molecule has 8 nitrogen and oxygen atoms in total. The molecule has 3 rings (SSSR count). The lowest BCUT2D eigenvalue weighted by Gasteiger charge is -2.29. The maximum absolute atomic E-state index is 11.1. The molecule has 0 saturated heterocycles. The van der Waals surface area contributed by atoms with Gasteiger partial charge in [0.1, 0.15) is 18.2 Å². The second kappa shape index (κ2) is 10.2. The molecule has 1 N–H and O–H groups in total. The smallest absolute Gasteiger partial charge is 0.274 e. The zero-order valence-corrected chi connectivity index (χ0v) is 19.3. The van der Waals surface area contributed by atoms with E-state index in [1.807, 2.05) is 26.8 Å². The molecule has 0 bridgehead atoms. The van der Waals surface area contributed by atoms with E-state index in [1.54, 1.807) is 6.20 Å². The molecule has 2 heterocycles. The minimum atomic E-state index is -0.561. The van der Waals surface area contributed by atoms with Gasteiger partial charge in [-0.3, -0.25) is 4.79 Å².